The van der Waals surface area contributed by atoms with E-state index in [1.807, 2.05) is 6.07 Å². The van der Waals surface area contributed by atoms with Crippen LogP contribution >= 0.6 is 0 Å². The molecule has 1 aliphatic heterocycles. The van der Waals surface area contributed by atoms with Gasteiger partial charge < -0.3 is 5.73 Å². The Morgan fingerprint density at radius 3 is 2.38 bits per heavy atom. The molecule has 0 aliphatic carbocycles. The largest absolute Gasteiger partial charge is 0.324 e. The first-order valence-corrected chi connectivity index (χ1v) is 7.84. The maximum absolute atomic E-state index is 13.9. The van der Waals surface area contributed by atoms with Crippen molar-refractivity contribution in [3.8, 4) is 0 Å². The van der Waals surface area contributed by atoms with Crippen molar-refractivity contribution in [2.75, 3.05) is 26.7 Å². The molecule has 1 aromatic carbocycles. The van der Waals surface area contributed by atoms with E-state index in [1.54, 1.807) is 12.1 Å². The van der Waals surface area contributed by atoms with E-state index < -0.39 is 0 Å². The van der Waals surface area contributed by atoms with E-state index in [0.29, 0.717) is 17.6 Å². The van der Waals surface area contributed by atoms with Gasteiger partial charge in [0, 0.05) is 43.3 Å². The molecule has 0 radical (unpaired) electrons. The Kier molecular flexibility index (Phi) is 5.36. The van der Waals surface area contributed by atoms with Gasteiger partial charge in [-0.2, -0.15) is 0 Å². The van der Waals surface area contributed by atoms with Crippen LogP contribution in [0.25, 0.3) is 0 Å². The zero-order chi connectivity index (χ0) is 15.6. The highest BCUT2D eigenvalue weighted by Crippen LogP contribution is 2.24. The molecule has 1 aromatic rings. The predicted octanol–water partition coefficient (Wildman–Crippen LogP) is 2.49. The van der Waals surface area contributed by atoms with E-state index in [4.69, 9.17) is 5.73 Å². The summed E-state index contributed by atoms with van der Waals surface area (Å²) in [6.07, 6.45) is 0. The first kappa shape index (κ1) is 16.4. The lowest BCUT2D eigenvalue weighted by atomic mass is 9.93. The van der Waals surface area contributed by atoms with Gasteiger partial charge in [0.05, 0.1) is 0 Å². The van der Waals surface area contributed by atoms with Gasteiger partial charge in [-0.1, -0.05) is 25.1 Å². The molecule has 2 N–H and O–H groups in total. The average Bonchev–Trinajstić information content (AvgIpc) is 2.44. The standard InChI is InChI=1S/C17H28FN3/c1-12(17(19)15-7-5-6-8-16(15)18)9-21-10-13(2)20(4)14(3)11-21/h5-8,12-14,17H,9-11,19H2,1-4H3. The fourth-order valence-corrected chi connectivity index (χ4v) is 3.24. The summed E-state index contributed by atoms with van der Waals surface area (Å²) in [4.78, 5) is 4.87. The Labute approximate surface area is 127 Å². The number of benzene rings is 1. The summed E-state index contributed by atoms with van der Waals surface area (Å²) in [5.41, 5.74) is 6.90. The van der Waals surface area contributed by atoms with E-state index in [-0.39, 0.29) is 17.8 Å². The highest BCUT2D eigenvalue weighted by atomic mass is 19.1. The summed E-state index contributed by atoms with van der Waals surface area (Å²) in [7, 11) is 2.18. The molecule has 0 aromatic heterocycles. The molecule has 0 saturated carbocycles. The van der Waals surface area contributed by atoms with Crippen molar-refractivity contribution in [1.82, 2.24) is 9.80 Å². The number of nitrogens with zero attached hydrogens (tertiary/aromatic N) is 2. The molecule has 1 heterocycles. The fourth-order valence-electron chi connectivity index (χ4n) is 3.24. The predicted molar refractivity (Wildman–Crippen MR) is 85.6 cm³/mol. The van der Waals surface area contributed by atoms with Gasteiger partial charge >= 0.3 is 0 Å². The van der Waals surface area contributed by atoms with Gasteiger partial charge in [0.1, 0.15) is 5.82 Å². The average molecular weight is 293 g/mol. The number of halogens is 1. The topological polar surface area (TPSA) is 32.5 Å². The van der Waals surface area contributed by atoms with Crippen LogP contribution in [-0.4, -0.2) is 48.6 Å². The fraction of sp³-hybridized carbons (Fsp3) is 0.647. The molecule has 1 fully saturated rings. The van der Waals surface area contributed by atoms with E-state index in [9.17, 15) is 4.39 Å². The molecule has 4 atom stereocenters. The second-order valence-corrected chi connectivity index (χ2v) is 6.61. The molecule has 21 heavy (non-hydrogen) atoms. The molecule has 4 unspecified atom stereocenters. The number of likely N-dealkylation sites (N-methyl/N-ethyl adjacent to an activating group) is 1. The minimum atomic E-state index is -0.253. The van der Waals surface area contributed by atoms with Gasteiger partial charge in [-0.05, 0) is 32.9 Å². The van der Waals surface area contributed by atoms with Crippen molar-refractivity contribution in [2.24, 2.45) is 11.7 Å². The summed E-state index contributed by atoms with van der Waals surface area (Å²) in [5, 5.41) is 0. The van der Waals surface area contributed by atoms with Crippen molar-refractivity contribution >= 4 is 0 Å². The highest BCUT2D eigenvalue weighted by Gasteiger charge is 2.28. The molecule has 0 amide bonds. The lowest BCUT2D eigenvalue weighted by Gasteiger charge is -2.43. The normalized spacial score (nSPS) is 27.5. The van der Waals surface area contributed by atoms with Crippen LogP contribution in [-0.2, 0) is 0 Å². The number of rotatable bonds is 4. The van der Waals surface area contributed by atoms with E-state index >= 15 is 0 Å². The van der Waals surface area contributed by atoms with Gasteiger partial charge in [0.15, 0.2) is 0 Å². The summed E-state index contributed by atoms with van der Waals surface area (Å²) in [5.74, 6) is 0.0293. The number of nitrogens with two attached hydrogens (primary N) is 1. The number of piperazine rings is 1. The summed E-state index contributed by atoms with van der Waals surface area (Å²) >= 11 is 0. The van der Waals surface area contributed by atoms with Gasteiger partial charge in [0.2, 0.25) is 0 Å². The maximum Gasteiger partial charge on any atom is 0.127 e. The van der Waals surface area contributed by atoms with Crippen LogP contribution in [0.3, 0.4) is 0 Å². The molecule has 2 rings (SSSR count). The lowest BCUT2D eigenvalue weighted by Crippen LogP contribution is -2.55. The zero-order valence-corrected chi connectivity index (χ0v) is 13.6. The highest BCUT2D eigenvalue weighted by molar-refractivity contribution is 5.21. The van der Waals surface area contributed by atoms with Crippen LogP contribution in [0.4, 0.5) is 4.39 Å². The van der Waals surface area contributed by atoms with E-state index in [1.165, 1.54) is 6.07 Å². The van der Waals surface area contributed by atoms with E-state index in [2.05, 4.69) is 37.6 Å². The molecule has 0 bridgehead atoms. The summed E-state index contributed by atoms with van der Waals surface area (Å²) in [6.45, 7) is 9.64. The Morgan fingerprint density at radius 2 is 1.81 bits per heavy atom. The van der Waals surface area contributed by atoms with Crippen LogP contribution in [0.5, 0.6) is 0 Å². The van der Waals surface area contributed by atoms with Crippen molar-refractivity contribution in [2.45, 2.75) is 38.9 Å². The zero-order valence-electron chi connectivity index (χ0n) is 13.6. The Morgan fingerprint density at radius 1 is 1.24 bits per heavy atom. The SMILES string of the molecule is CC(CN1CC(C)N(C)C(C)C1)C(N)c1ccccc1F. The Bertz CT molecular complexity index is 453. The van der Waals surface area contributed by atoms with Crippen molar-refractivity contribution in [3.05, 3.63) is 35.6 Å². The first-order valence-electron chi connectivity index (χ1n) is 7.84. The van der Waals surface area contributed by atoms with Crippen molar-refractivity contribution in [3.63, 3.8) is 0 Å². The maximum atomic E-state index is 13.9. The van der Waals surface area contributed by atoms with Crippen LogP contribution < -0.4 is 5.73 Å². The smallest absolute Gasteiger partial charge is 0.127 e. The number of hydrogen-bond acceptors (Lipinski definition) is 3. The number of hydrogen-bond donors (Lipinski definition) is 1. The third kappa shape index (κ3) is 3.82. The molecule has 1 aliphatic rings. The third-order valence-corrected chi connectivity index (χ3v) is 4.86. The molecule has 4 heteroatoms. The molecular formula is C17H28FN3. The molecule has 1 saturated heterocycles. The quantitative estimate of drug-likeness (QED) is 0.926. The van der Waals surface area contributed by atoms with Crippen molar-refractivity contribution < 1.29 is 4.39 Å². The third-order valence-electron chi connectivity index (χ3n) is 4.86. The van der Waals surface area contributed by atoms with Crippen LogP contribution in [0.1, 0.15) is 32.4 Å². The Hall–Kier alpha value is -0.970. The van der Waals surface area contributed by atoms with Gasteiger partial charge in [0.25, 0.3) is 0 Å². The second-order valence-electron chi connectivity index (χ2n) is 6.61. The lowest BCUT2D eigenvalue weighted by molar-refractivity contribution is 0.0497. The molecular weight excluding hydrogens is 265 g/mol. The molecule has 0 spiro atoms. The van der Waals surface area contributed by atoms with Crippen LogP contribution in [0, 0.1) is 11.7 Å². The van der Waals surface area contributed by atoms with Gasteiger partial charge in [-0.3, -0.25) is 9.80 Å². The van der Waals surface area contributed by atoms with Crippen molar-refractivity contribution in [1.29, 1.82) is 0 Å². The van der Waals surface area contributed by atoms with E-state index in [0.717, 1.165) is 19.6 Å². The first-order chi connectivity index (χ1) is 9.90. The van der Waals surface area contributed by atoms with Crippen LogP contribution in [0.15, 0.2) is 24.3 Å². The second kappa shape index (κ2) is 6.86. The summed E-state index contributed by atoms with van der Waals surface area (Å²) in [6, 6.07) is 7.69. The minimum absolute atomic E-state index is 0.197. The van der Waals surface area contributed by atoms with Gasteiger partial charge in [-0.15, -0.1) is 0 Å². The minimum Gasteiger partial charge on any atom is -0.324 e. The van der Waals surface area contributed by atoms with Gasteiger partial charge in [-0.25, -0.2) is 4.39 Å². The molecule has 3 nitrogen and oxygen atoms in total. The van der Waals surface area contributed by atoms with Crippen LogP contribution in [0.2, 0.25) is 0 Å². The molecule has 118 valence electrons. The summed E-state index contributed by atoms with van der Waals surface area (Å²) < 4.78 is 13.9. The Balaban J connectivity index is 1.98. The monoisotopic (exact) mass is 293 g/mol.